The first-order valence-corrected chi connectivity index (χ1v) is 4.68. The van der Waals surface area contributed by atoms with E-state index in [9.17, 15) is 4.79 Å². The van der Waals surface area contributed by atoms with E-state index in [2.05, 4.69) is 5.73 Å². The zero-order valence-corrected chi connectivity index (χ0v) is 8.57. The van der Waals surface area contributed by atoms with Crippen molar-refractivity contribution in [2.45, 2.75) is 19.3 Å². The number of nitrogen functional groups attached to an aromatic ring is 1. The minimum Gasteiger partial charge on any atom is -0.399 e. The highest BCUT2D eigenvalue weighted by Gasteiger charge is 1.91. The molecule has 0 unspecified atom stereocenters. The van der Waals surface area contributed by atoms with Gasteiger partial charge in [0.05, 0.1) is 0 Å². The van der Waals surface area contributed by atoms with Crippen molar-refractivity contribution in [1.29, 1.82) is 0 Å². The van der Waals surface area contributed by atoms with Crippen molar-refractivity contribution in [2.75, 3.05) is 12.8 Å². The molecule has 0 atom stereocenters. The molecule has 0 radical (unpaired) electrons. The van der Waals surface area contributed by atoms with Crippen molar-refractivity contribution >= 4 is 12.0 Å². The molecule has 0 bridgehead atoms. The highest BCUT2D eigenvalue weighted by atomic mass is 16.1. The van der Waals surface area contributed by atoms with Crippen LogP contribution >= 0.6 is 0 Å². The van der Waals surface area contributed by atoms with Crippen LogP contribution in [0.15, 0.2) is 24.3 Å². The Hall–Kier alpha value is -1.35. The van der Waals surface area contributed by atoms with Gasteiger partial charge < -0.3 is 16.3 Å². The molecule has 4 N–H and O–H groups in total. The number of anilines is 1. The molecule has 3 nitrogen and oxygen atoms in total. The monoisotopic (exact) mass is 194 g/mol. The molecule has 1 rings (SSSR count). The predicted octanol–water partition coefficient (Wildman–Crippen LogP) is 1.37. The molecule has 14 heavy (non-hydrogen) atoms. The lowest BCUT2D eigenvalue weighted by Gasteiger charge is -1.98. The Labute approximate surface area is 85.1 Å². The normalized spacial score (nSPS) is 8.71. The van der Waals surface area contributed by atoms with E-state index >= 15 is 0 Å². The average Bonchev–Trinajstić information content (AvgIpc) is 2.24. The highest BCUT2D eigenvalue weighted by Crippen LogP contribution is 2.07. The molecule has 0 spiro atoms. The number of carbonyl (C=O) groups is 1. The summed E-state index contributed by atoms with van der Waals surface area (Å²) in [6.45, 7) is 0. The van der Waals surface area contributed by atoms with Gasteiger partial charge in [0, 0.05) is 12.1 Å². The number of hydrogen-bond acceptors (Lipinski definition) is 3. The summed E-state index contributed by atoms with van der Waals surface area (Å²) in [5.41, 5.74) is 12.1. The van der Waals surface area contributed by atoms with Gasteiger partial charge in [-0.25, -0.2) is 0 Å². The summed E-state index contributed by atoms with van der Waals surface area (Å²) in [5.74, 6) is 0. The van der Waals surface area contributed by atoms with Crippen LogP contribution in [0.25, 0.3) is 0 Å². The Morgan fingerprint density at radius 3 is 2.29 bits per heavy atom. The topological polar surface area (TPSA) is 69.1 Å². The fraction of sp³-hybridized carbons (Fsp3) is 0.364. The Kier molecular flexibility index (Phi) is 7.46. The summed E-state index contributed by atoms with van der Waals surface area (Å²) in [4.78, 5) is 10.0. The summed E-state index contributed by atoms with van der Waals surface area (Å²) in [7, 11) is 1.50. The van der Waals surface area contributed by atoms with Gasteiger partial charge in [-0.15, -0.1) is 0 Å². The quantitative estimate of drug-likeness (QED) is 0.432. The van der Waals surface area contributed by atoms with Gasteiger partial charge in [0.25, 0.3) is 0 Å². The molecule has 0 aliphatic heterocycles. The average molecular weight is 194 g/mol. The van der Waals surface area contributed by atoms with E-state index in [1.165, 1.54) is 12.6 Å². The van der Waals surface area contributed by atoms with Crippen LogP contribution in [0.4, 0.5) is 5.69 Å². The lowest BCUT2D eigenvalue weighted by atomic mass is 10.1. The van der Waals surface area contributed by atoms with Crippen molar-refractivity contribution in [3.05, 3.63) is 29.8 Å². The standard InChI is InChI=1S/C10H13NO.CH5N/c11-10-6-4-9(5-7-10)3-1-2-8-12;1-2/h4-8H,1-3,11H2;2H2,1H3. The second-order valence-corrected chi connectivity index (χ2v) is 2.80. The first-order chi connectivity index (χ1) is 6.83. The summed E-state index contributed by atoms with van der Waals surface area (Å²) < 4.78 is 0. The number of hydrogen-bond donors (Lipinski definition) is 2. The lowest BCUT2D eigenvalue weighted by Crippen LogP contribution is -1.88. The van der Waals surface area contributed by atoms with E-state index < -0.39 is 0 Å². The molecule has 1 aromatic carbocycles. The van der Waals surface area contributed by atoms with Gasteiger partial charge in [0.15, 0.2) is 0 Å². The molecule has 1 aromatic rings. The third-order valence-electron chi connectivity index (χ3n) is 1.77. The molecule has 0 saturated carbocycles. The largest absolute Gasteiger partial charge is 0.399 e. The van der Waals surface area contributed by atoms with E-state index in [0.29, 0.717) is 6.42 Å². The number of carbonyl (C=O) groups excluding carboxylic acids is 1. The van der Waals surface area contributed by atoms with E-state index in [0.717, 1.165) is 24.8 Å². The van der Waals surface area contributed by atoms with Crippen LogP contribution < -0.4 is 11.5 Å². The van der Waals surface area contributed by atoms with Gasteiger partial charge >= 0.3 is 0 Å². The SMILES string of the molecule is CN.Nc1ccc(CCCC=O)cc1. The van der Waals surface area contributed by atoms with Crippen LogP contribution in [0.5, 0.6) is 0 Å². The molecule has 0 aliphatic rings. The minimum absolute atomic E-state index is 0.643. The van der Waals surface area contributed by atoms with Crippen LogP contribution in [0.2, 0.25) is 0 Å². The smallest absolute Gasteiger partial charge is 0.120 e. The fourth-order valence-electron chi connectivity index (χ4n) is 1.07. The minimum atomic E-state index is 0.643. The highest BCUT2D eigenvalue weighted by molar-refractivity contribution is 5.49. The molecule has 0 fully saturated rings. The van der Waals surface area contributed by atoms with Crippen molar-refractivity contribution in [3.63, 3.8) is 0 Å². The Morgan fingerprint density at radius 1 is 1.21 bits per heavy atom. The Bertz CT molecular complexity index is 244. The summed E-state index contributed by atoms with van der Waals surface area (Å²) in [6, 6.07) is 7.77. The van der Waals surface area contributed by atoms with Crippen LogP contribution in [0, 0.1) is 0 Å². The third-order valence-corrected chi connectivity index (χ3v) is 1.77. The van der Waals surface area contributed by atoms with Crippen molar-refractivity contribution in [3.8, 4) is 0 Å². The van der Waals surface area contributed by atoms with Crippen LogP contribution in [-0.4, -0.2) is 13.3 Å². The van der Waals surface area contributed by atoms with Crippen LogP contribution in [0.1, 0.15) is 18.4 Å². The number of nitrogens with two attached hydrogens (primary N) is 2. The number of rotatable bonds is 4. The maximum absolute atomic E-state index is 10.0. The molecule has 0 saturated heterocycles. The predicted molar refractivity (Wildman–Crippen MR) is 60.0 cm³/mol. The Morgan fingerprint density at radius 2 is 1.79 bits per heavy atom. The number of aryl methyl sites for hydroxylation is 1. The van der Waals surface area contributed by atoms with E-state index in [1.807, 2.05) is 24.3 Å². The van der Waals surface area contributed by atoms with Gasteiger partial charge in [-0.3, -0.25) is 0 Å². The molecular weight excluding hydrogens is 176 g/mol. The first-order valence-electron chi connectivity index (χ1n) is 4.68. The fourth-order valence-corrected chi connectivity index (χ4v) is 1.07. The van der Waals surface area contributed by atoms with E-state index in [-0.39, 0.29) is 0 Å². The summed E-state index contributed by atoms with van der Waals surface area (Å²) >= 11 is 0. The zero-order chi connectivity index (χ0) is 10.8. The molecule has 0 aromatic heterocycles. The van der Waals surface area contributed by atoms with Crippen LogP contribution in [-0.2, 0) is 11.2 Å². The second kappa shape index (κ2) is 8.26. The molecule has 0 aliphatic carbocycles. The number of unbranched alkanes of at least 4 members (excludes halogenated alkanes) is 1. The van der Waals surface area contributed by atoms with Gasteiger partial charge in [0.2, 0.25) is 0 Å². The van der Waals surface area contributed by atoms with E-state index in [1.54, 1.807) is 0 Å². The van der Waals surface area contributed by atoms with Crippen molar-refractivity contribution in [2.24, 2.45) is 5.73 Å². The maximum atomic E-state index is 10.0. The van der Waals surface area contributed by atoms with Crippen molar-refractivity contribution < 1.29 is 4.79 Å². The maximum Gasteiger partial charge on any atom is 0.120 e. The van der Waals surface area contributed by atoms with Gasteiger partial charge in [-0.1, -0.05) is 12.1 Å². The van der Waals surface area contributed by atoms with Crippen LogP contribution in [0.3, 0.4) is 0 Å². The van der Waals surface area contributed by atoms with E-state index in [4.69, 9.17) is 5.73 Å². The summed E-state index contributed by atoms with van der Waals surface area (Å²) in [5, 5.41) is 0. The Balaban J connectivity index is 0.000000791. The lowest BCUT2D eigenvalue weighted by molar-refractivity contribution is -0.107. The number of benzene rings is 1. The van der Waals surface area contributed by atoms with Gasteiger partial charge in [0.1, 0.15) is 6.29 Å². The zero-order valence-electron chi connectivity index (χ0n) is 8.57. The second-order valence-electron chi connectivity index (χ2n) is 2.80. The van der Waals surface area contributed by atoms with Crippen molar-refractivity contribution in [1.82, 2.24) is 0 Å². The molecular formula is C11H18N2O. The third kappa shape index (κ3) is 5.32. The van der Waals surface area contributed by atoms with Gasteiger partial charge in [-0.05, 0) is 37.6 Å². The van der Waals surface area contributed by atoms with Gasteiger partial charge in [-0.2, -0.15) is 0 Å². The first kappa shape index (κ1) is 12.7. The molecule has 78 valence electrons. The molecule has 3 heteroatoms. The summed E-state index contributed by atoms with van der Waals surface area (Å²) in [6.07, 6.45) is 3.48. The number of aldehydes is 1. The molecule has 0 heterocycles. The molecule has 0 amide bonds.